The molecule has 2 aromatic carbocycles. The van der Waals surface area contributed by atoms with E-state index in [-0.39, 0.29) is 30.8 Å². The quantitative estimate of drug-likeness (QED) is 0.0881. The number of likely N-dealkylation sites (N-methyl/N-ethyl adjacent to an activating group) is 1. The molecule has 0 radical (unpaired) electrons. The number of amides is 7. The fourth-order valence-corrected chi connectivity index (χ4v) is 8.41. The Labute approximate surface area is 431 Å². The van der Waals surface area contributed by atoms with Crippen LogP contribution in [0.25, 0.3) is 10.9 Å². The highest BCUT2D eigenvalue weighted by Gasteiger charge is 2.38. The molecular weight excluding hydrogens is 953 g/mol. The number of hydrogen-bond donors (Lipinski definition) is 9. The molecule has 7 amide bonds. The number of H-pyrrole nitrogens is 1. The second-order valence-corrected chi connectivity index (χ2v) is 19.4. The maximum Gasteiger partial charge on any atom is 0.327 e. The number of aliphatic carboxylic acids is 2. The first-order valence-corrected chi connectivity index (χ1v) is 24.6. The molecule has 9 N–H and O–H groups in total. The summed E-state index contributed by atoms with van der Waals surface area (Å²) in [5.41, 5.74) is 2.72. The van der Waals surface area contributed by atoms with Crippen molar-refractivity contribution in [3.63, 3.8) is 0 Å². The summed E-state index contributed by atoms with van der Waals surface area (Å²) in [4.78, 5) is 127. The molecule has 400 valence electrons. The van der Waals surface area contributed by atoms with E-state index in [0.29, 0.717) is 12.0 Å². The number of nitrogens with one attached hydrogen (secondary N) is 7. The van der Waals surface area contributed by atoms with Crippen LogP contribution in [0.3, 0.4) is 0 Å². The monoisotopic (exact) mass is 1020 g/mol. The van der Waals surface area contributed by atoms with E-state index in [1.807, 2.05) is 68.5 Å². The summed E-state index contributed by atoms with van der Waals surface area (Å²) < 4.78 is 5.85. The van der Waals surface area contributed by atoms with Gasteiger partial charge in [0.25, 0.3) is 5.91 Å². The van der Waals surface area contributed by atoms with E-state index in [2.05, 4.69) is 43.5 Å². The highest BCUT2D eigenvalue weighted by molar-refractivity contribution is 6.00. The van der Waals surface area contributed by atoms with Gasteiger partial charge in [0.1, 0.15) is 35.9 Å². The van der Waals surface area contributed by atoms with Gasteiger partial charge in [-0.1, -0.05) is 114 Å². The molecule has 1 saturated heterocycles. The van der Waals surface area contributed by atoms with Crippen molar-refractivity contribution in [2.45, 2.75) is 123 Å². The summed E-state index contributed by atoms with van der Waals surface area (Å²) in [7, 11) is 2.85. The highest BCUT2D eigenvalue weighted by Crippen LogP contribution is 2.22. The van der Waals surface area contributed by atoms with Crippen LogP contribution in [0.1, 0.15) is 78.9 Å². The highest BCUT2D eigenvalue weighted by atomic mass is 16.5. The maximum atomic E-state index is 14.8. The molecule has 1 aliphatic rings. The average Bonchev–Trinajstić information content (AvgIpc) is 3.77. The number of hydrogen-bond acceptors (Lipinski definition) is 10. The Kier molecular flexibility index (Phi) is 21.9. The Morgan fingerprint density at radius 3 is 2.04 bits per heavy atom. The molecule has 0 saturated carbocycles. The van der Waals surface area contributed by atoms with E-state index in [9.17, 15) is 53.4 Å². The predicted molar refractivity (Wildman–Crippen MR) is 276 cm³/mol. The van der Waals surface area contributed by atoms with Gasteiger partial charge in [0, 0.05) is 50.0 Å². The second kappa shape index (κ2) is 27.4. The molecule has 20 nitrogen and oxygen atoms in total. The van der Waals surface area contributed by atoms with Gasteiger partial charge in [0.15, 0.2) is 0 Å². The van der Waals surface area contributed by atoms with Crippen molar-refractivity contribution in [3.05, 3.63) is 108 Å². The number of methoxy groups -OCH3 is 1. The van der Waals surface area contributed by atoms with Crippen molar-refractivity contribution < 1.29 is 58.1 Å². The number of nitrogens with zero attached hydrogens (tertiary/aromatic N) is 1. The Hall–Kier alpha value is -7.61. The van der Waals surface area contributed by atoms with Gasteiger partial charge in [-0.25, -0.2) is 9.59 Å². The molecule has 4 rings (SSSR count). The number of carbonyl (C=O) groups is 9. The molecule has 1 aliphatic heterocycles. The number of carbonyl (C=O) groups excluding carboxylic acids is 7. The molecule has 0 aliphatic carbocycles. The van der Waals surface area contributed by atoms with Crippen molar-refractivity contribution in [3.8, 4) is 0 Å². The first-order valence-electron chi connectivity index (χ1n) is 24.6. The van der Waals surface area contributed by atoms with Gasteiger partial charge in [-0.3, -0.25) is 33.6 Å². The van der Waals surface area contributed by atoms with Crippen LogP contribution in [0.5, 0.6) is 0 Å². The summed E-state index contributed by atoms with van der Waals surface area (Å²) in [5.74, 6) is -12.2. The number of carboxylic acid groups (broad SMARTS) is 2. The zero-order valence-electron chi connectivity index (χ0n) is 43.5. The lowest BCUT2D eigenvalue weighted by Crippen LogP contribution is -2.59. The normalized spacial score (nSPS) is 24.9. The first-order chi connectivity index (χ1) is 34.9. The molecule has 2 heterocycles. The standard InChI is InChI=1S/C54H72N8O12/c1-29(2)24-42-52(69)61-46(54(72)73)33(6)48(65)59-43(27-37-28-55-40-19-15-14-18-38(37)40)51(68)57-39(21-20-30(3)25-31(4)44(74-10)26-36-16-12-11-13-17-36)32(5)47(64)58-41(53(70)71)22-23-45(63)62(9)35(8)50(67)56-34(7)49(66)60-42/h11-21,25,28-29,31-34,39,41-44,46,55H,8,22-24,26-27H2,1-7,9-10H3,(H,56,67)(H,57,68)(H,58,64)(H,59,65)(H,60,66)(H,61,69)(H,70,71)(H,72,73)/b21-20+,30-25+/t31-,32?,33-,34+,39?,41+,42-,43?,44-,46?/m0/s1. The van der Waals surface area contributed by atoms with Gasteiger partial charge < -0.3 is 56.7 Å². The van der Waals surface area contributed by atoms with Crippen LogP contribution in [-0.2, 0) is 60.7 Å². The molecule has 4 unspecified atom stereocenters. The van der Waals surface area contributed by atoms with Crippen molar-refractivity contribution >= 4 is 64.2 Å². The largest absolute Gasteiger partial charge is 0.480 e. The summed E-state index contributed by atoms with van der Waals surface area (Å²) in [6, 6.07) is 8.28. The van der Waals surface area contributed by atoms with E-state index in [0.717, 1.165) is 26.9 Å². The van der Waals surface area contributed by atoms with E-state index in [4.69, 9.17) is 4.74 Å². The van der Waals surface area contributed by atoms with Crippen LogP contribution in [0.2, 0.25) is 0 Å². The van der Waals surface area contributed by atoms with Crippen molar-refractivity contribution in [1.82, 2.24) is 41.8 Å². The minimum Gasteiger partial charge on any atom is -0.480 e. The average molecular weight is 1030 g/mol. The number of aromatic amines is 1. The van der Waals surface area contributed by atoms with Crippen LogP contribution in [-0.4, -0.2) is 130 Å². The lowest BCUT2D eigenvalue weighted by Gasteiger charge is -2.28. The molecule has 0 spiro atoms. The van der Waals surface area contributed by atoms with Crippen molar-refractivity contribution in [1.29, 1.82) is 0 Å². The van der Waals surface area contributed by atoms with Crippen molar-refractivity contribution in [2.24, 2.45) is 23.7 Å². The van der Waals surface area contributed by atoms with Crippen LogP contribution in [0, 0.1) is 23.7 Å². The fourth-order valence-electron chi connectivity index (χ4n) is 8.41. The van der Waals surface area contributed by atoms with Crippen LogP contribution < -0.4 is 31.9 Å². The van der Waals surface area contributed by atoms with Gasteiger partial charge >= 0.3 is 11.9 Å². The maximum absolute atomic E-state index is 14.8. The molecule has 74 heavy (non-hydrogen) atoms. The van der Waals surface area contributed by atoms with Gasteiger partial charge in [-0.2, -0.15) is 0 Å². The smallest absolute Gasteiger partial charge is 0.327 e. The van der Waals surface area contributed by atoms with Gasteiger partial charge in [0.05, 0.1) is 24.0 Å². The Bertz CT molecular complexity index is 2590. The zero-order valence-corrected chi connectivity index (χ0v) is 43.5. The van der Waals surface area contributed by atoms with Gasteiger partial charge in [-0.15, -0.1) is 0 Å². The minimum absolute atomic E-state index is 0.0149. The molecule has 0 bridgehead atoms. The lowest BCUT2D eigenvalue weighted by atomic mass is 9.94. The topological polar surface area (TPSA) is 295 Å². The fraction of sp³-hybridized carbons (Fsp3) is 0.463. The SMILES string of the molecule is C=C1C(=O)N[C@H](C)C(=O)N[C@@H](CC(C)C)C(=O)NC(C(=O)O)[C@H](C)C(=O)NC(Cc2c[nH]c3ccccc23)C(=O)NC(/C=C/C(C)=C/[C@H](C)[C@H](Cc2ccccc2)OC)C(C)C(=O)N[C@@H](C(=O)O)CCC(=O)N1C. The third-order valence-corrected chi connectivity index (χ3v) is 13.1. The van der Waals surface area contributed by atoms with E-state index >= 15 is 0 Å². The van der Waals surface area contributed by atoms with E-state index in [1.54, 1.807) is 45.4 Å². The van der Waals surface area contributed by atoms with Gasteiger partial charge in [0.2, 0.25) is 35.4 Å². The third-order valence-electron chi connectivity index (χ3n) is 13.1. The van der Waals surface area contributed by atoms with Crippen LogP contribution in [0.15, 0.2) is 96.9 Å². The number of carboxylic acids is 2. The molecular formula is C54H72N8O12. The number of aromatic nitrogens is 1. The van der Waals surface area contributed by atoms with Crippen LogP contribution in [0.4, 0.5) is 0 Å². The second-order valence-electron chi connectivity index (χ2n) is 19.4. The number of fused-ring (bicyclic) bond motifs is 1. The van der Waals surface area contributed by atoms with E-state index < -0.39 is 120 Å². The summed E-state index contributed by atoms with van der Waals surface area (Å²) in [6.45, 7) is 15.0. The molecule has 1 fully saturated rings. The Balaban J connectivity index is 1.81. The molecule has 1 aromatic heterocycles. The Morgan fingerprint density at radius 1 is 0.784 bits per heavy atom. The zero-order chi connectivity index (χ0) is 55.0. The minimum atomic E-state index is -1.88. The predicted octanol–water partition coefficient (Wildman–Crippen LogP) is 3.29. The summed E-state index contributed by atoms with van der Waals surface area (Å²) in [6.07, 6.45) is 6.26. The lowest BCUT2D eigenvalue weighted by molar-refractivity contribution is -0.146. The molecule has 3 aromatic rings. The number of ether oxygens (including phenoxy) is 1. The first kappa shape index (κ1) is 59.0. The number of para-hydroxylation sites is 1. The van der Waals surface area contributed by atoms with Crippen molar-refractivity contribution in [2.75, 3.05) is 14.2 Å². The number of rotatable bonds is 13. The number of benzene rings is 2. The molecule has 10 atom stereocenters. The van der Waals surface area contributed by atoms with E-state index in [1.165, 1.54) is 27.8 Å². The van der Waals surface area contributed by atoms with Crippen LogP contribution >= 0.6 is 0 Å². The summed E-state index contributed by atoms with van der Waals surface area (Å²) >= 11 is 0. The summed E-state index contributed by atoms with van der Waals surface area (Å²) in [5, 5.41) is 36.8. The third kappa shape index (κ3) is 16.7. The van der Waals surface area contributed by atoms with Gasteiger partial charge in [-0.05, 0) is 56.2 Å². The Morgan fingerprint density at radius 2 is 1.41 bits per heavy atom. The molecule has 20 heteroatoms. The number of allylic oxidation sites excluding steroid dienone is 2.